The Balaban J connectivity index is 2.09. The monoisotopic (exact) mass is 368 g/mol. The Morgan fingerprint density at radius 3 is 2.16 bits per heavy atom. The van der Waals surface area contributed by atoms with Crippen molar-refractivity contribution in [3.05, 3.63) is 17.7 Å². The number of methoxy groups -OCH3 is 3. The van der Waals surface area contributed by atoms with Gasteiger partial charge >= 0.3 is 0 Å². The summed E-state index contributed by atoms with van der Waals surface area (Å²) in [5.41, 5.74) is 0.398. The minimum absolute atomic E-state index is 0.297. The predicted octanol–water partition coefficient (Wildman–Crippen LogP) is -0.0525. The van der Waals surface area contributed by atoms with E-state index < -0.39 is 0 Å². The zero-order valence-electron chi connectivity index (χ0n) is 15.2. The number of piperazine rings is 1. The number of hydrogen-bond acceptors (Lipinski definition) is 5. The Morgan fingerprint density at radius 2 is 1.72 bits per heavy atom. The lowest BCUT2D eigenvalue weighted by Gasteiger charge is -2.33. The average Bonchev–Trinajstić information content (AvgIpc) is 2.66. The Hall–Kier alpha value is -2.06. The molecule has 1 aliphatic rings. The van der Waals surface area contributed by atoms with Gasteiger partial charge in [-0.3, -0.25) is 10.1 Å². The number of nitrogens with one attached hydrogen (secondary N) is 2. The molecule has 138 valence electrons. The molecule has 8 heteroatoms. The third-order valence-corrected chi connectivity index (χ3v) is 4.77. The number of hydrogen-bond donors (Lipinski definition) is 2. The normalized spacial score (nSPS) is 14.8. The van der Waals surface area contributed by atoms with Crippen molar-refractivity contribution in [3.8, 4) is 17.2 Å². The Labute approximate surface area is 153 Å². The van der Waals surface area contributed by atoms with Gasteiger partial charge in [-0.25, -0.2) is 0 Å². The molecule has 0 saturated carbocycles. The second kappa shape index (κ2) is 8.87. The summed E-state index contributed by atoms with van der Waals surface area (Å²) in [5.74, 6) is 1.01. The fourth-order valence-electron chi connectivity index (χ4n) is 2.84. The minimum Gasteiger partial charge on any atom is -0.493 e. The molecule has 0 radical (unpaired) electrons. The highest BCUT2D eigenvalue weighted by atomic mass is 32.1. The molecule has 25 heavy (non-hydrogen) atoms. The summed E-state index contributed by atoms with van der Waals surface area (Å²) in [4.78, 5) is 16.2. The van der Waals surface area contributed by atoms with Gasteiger partial charge in [0.25, 0.3) is 5.91 Å². The van der Waals surface area contributed by atoms with Crippen LogP contribution in [0.4, 0.5) is 0 Å². The summed E-state index contributed by atoms with van der Waals surface area (Å²) in [7, 11) is 4.55. The number of ether oxygens (including phenoxy) is 3. The van der Waals surface area contributed by atoms with Gasteiger partial charge in [0.05, 0.1) is 54.1 Å². The minimum atomic E-state index is -0.297. The summed E-state index contributed by atoms with van der Waals surface area (Å²) >= 11 is 5.39. The van der Waals surface area contributed by atoms with E-state index in [1.54, 1.807) is 17.0 Å². The highest BCUT2D eigenvalue weighted by molar-refractivity contribution is 7.80. The molecule has 7 nitrogen and oxygen atoms in total. The summed E-state index contributed by atoms with van der Waals surface area (Å²) in [6.07, 6.45) is 0. The summed E-state index contributed by atoms with van der Waals surface area (Å²) in [6.45, 7) is 7.02. The number of quaternary nitrogens is 1. The summed E-state index contributed by atoms with van der Waals surface area (Å²) in [5, 5.41) is 3.25. The Morgan fingerprint density at radius 1 is 1.16 bits per heavy atom. The molecule has 1 fully saturated rings. The third kappa shape index (κ3) is 4.52. The van der Waals surface area contributed by atoms with Gasteiger partial charge in [-0.05, 0) is 31.3 Å². The van der Waals surface area contributed by atoms with Crippen LogP contribution >= 0.6 is 12.2 Å². The first-order valence-corrected chi connectivity index (χ1v) is 8.68. The maximum atomic E-state index is 12.6. The smallest absolute Gasteiger partial charge is 0.257 e. The number of rotatable bonds is 5. The molecule has 1 amide bonds. The number of thiocarbonyl (C=S) groups is 1. The fourth-order valence-corrected chi connectivity index (χ4v) is 3.12. The van der Waals surface area contributed by atoms with Crippen molar-refractivity contribution in [2.75, 3.05) is 54.1 Å². The topological polar surface area (TPSA) is 64.5 Å². The van der Waals surface area contributed by atoms with E-state index in [0.29, 0.717) is 27.9 Å². The molecule has 0 bridgehead atoms. The van der Waals surface area contributed by atoms with E-state index in [2.05, 4.69) is 12.2 Å². The first kappa shape index (κ1) is 19.3. The quantitative estimate of drug-likeness (QED) is 0.711. The molecule has 1 heterocycles. The van der Waals surface area contributed by atoms with Gasteiger partial charge in [0.2, 0.25) is 5.75 Å². The molecule has 0 aliphatic carbocycles. The number of likely N-dealkylation sites (N-methyl/N-ethyl adjacent to an activating group) is 1. The van der Waals surface area contributed by atoms with Crippen molar-refractivity contribution in [2.45, 2.75) is 6.92 Å². The van der Waals surface area contributed by atoms with Crippen LogP contribution in [0.2, 0.25) is 0 Å². The van der Waals surface area contributed by atoms with Crippen LogP contribution in [0.3, 0.4) is 0 Å². The Kier molecular flexibility index (Phi) is 6.83. The van der Waals surface area contributed by atoms with Crippen LogP contribution < -0.4 is 24.4 Å². The average molecular weight is 368 g/mol. The van der Waals surface area contributed by atoms with Crippen molar-refractivity contribution in [1.29, 1.82) is 0 Å². The molecular formula is C17H26N3O4S+. The maximum Gasteiger partial charge on any atom is 0.257 e. The summed E-state index contributed by atoms with van der Waals surface area (Å²) in [6, 6.07) is 3.22. The molecule has 2 N–H and O–H groups in total. The second-order valence-electron chi connectivity index (χ2n) is 5.76. The number of amides is 1. The van der Waals surface area contributed by atoms with Gasteiger partial charge in [-0.15, -0.1) is 0 Å². The van der Waals surface area contributed by atoms with Crippen LogP contribution in [0.1, 0.15) is 17.3 Å². The van der Waals surface area contributed by atoms with Crippen molar-refractivity contribution in [1.82, 2.24) is 10.2 Å². The SMILES string of the molecule is CC[NH+]1CCN(C(=S)NC(=O)c2cc(OC)c(OC)c(OC)c2)CC1. The lowest BCUT2D eigenvalue weighted by molar-refractivity contribution is -0.902. The van der Waals surface area contributed by atoms with E-state index >= 15 is 0 Å². The molecule has 1 saturated heterocycles. The van der Waals surface area contributed by atoms with Gasteiger partial charge in [0, 0.05) is 5.56 Å². The van der Waals surface area contributed by atoms with E-state index in [1.165, 1.54) is 21.3 Å². The van der Waals surface area contributed by atoms with E-state index in [9.17, 15) is 4.79 Å². The Bertz CT molecular complexity index is 605. The molecule has 0 unspecified atom stereocenters. The highest BCUT2D eigenvalue weighted by Gasteiger charge is 2.23. The number of carbonyl (C=O) groups excluding carboxylic acids is 1. The zero-order chi connectivity index (χ0) is 18.4. The largest absolute Gasteiger partial charge is 0.493 e. The van der Waals surface area contributed by atoms with Crippen LogP contribution in [0.15, 0.2) is 12.1 Å². The fraction of sp³-hybridized carbons (Fsp3) is 0.529. The molecule has 1 aromatic carbocycles. The van der Waals surface area contributed by atoms with Gasteiger partial charge < -0.3 is 24.0 Å². The highest BCUT2D eigenvalue weighted by Crippen LogP contribution is 2.38. The lowest BCUT2D eigenvalue weighted by Crippen LogP contribution is -3.14. The zero-order valence-corrected chi connectivity index (χ0v) is 16.0. The van der Waals surface area contributed by atoms with Crippen LogP contribution in [0.25, 0.3) is 0 Å². The number of benzene rings is 1. The van der Waals surface area contributed by atoms with Crippen molar-refractivity contribution in [2.24, 2.45) is 0 Å². The van der Waals surface area contributed by atoms with Crippen LogP contribution in [-0.4, -0.2) is 70.0 Å². The van der Waals surface area contributed by atoms with Crippen molar-refractivity contribution < 1.29 is 23.9 Å². The molecular weight excluding hydrogens is 342 g/mol. The van der Waals surface area contributed by atoms with Gasteiger partial charge in [0.1, 0.15) is 0 Å². The van der Waals surface area contributed by atoms with E-state index in [4.69, 9.17) is 26.4 Å². The van der Waals surface area contributed by atoms with Gasteiger partial charge in [0.15, 0.2) is 16.6 Å². The van der Waals surface area contributed by atoms with E-state index in [0.717, 1.165) is 32.7 Å². The first-order valence-electron chi connectivity index (χ1n) is 8.27. The van der Waals surface area contributed by atoms with Crippen LogP contribution in [-0.2, 0) is 0 Å². The maximum absolute atomic E-state index is 12.6. The molecule has 1 aliphatic heterocycles. The van der Waals surface area contributed by atoms with Crippen LogP contribution in [0, 0.1) is 0 Å². The predicted molar refractivity (Wildman–Crippen MR) is 99.0 cm³/mol. The lowest BCUT2D eigenvalue weighted by atomic mass is 10.1. The number of carbonyl (C=O) groups is 1. The van der Waals surface area contributed by atoms with Gasteiger partial charge in [-0.2, -0.15) is 0 Å². The standard InChI is InChI=1S/C17H25N3O4S/c1-5-19-6-8-20(9-7-19)17(25)18-16(21)12-10-13(22-2)15(24-4)14(11-12)23-3/h10-11H,5-9H2,1-4H3,(H,18,21,25)/p+1. The van der Waals surface area contributed by atoms with Gasteiger partial charge in [-0.1, -0.05) is 0 Å². The van der Waals surface area contributed by atoms with Crippen molar-refractivity contribution in [3.63, 3.8) is 0 Å². The number of nitrogens with zero attached hydrogens (tertiary/aromatic N) is 1. The molecule has 0 spiro atoms. The third-order valence-electron chi connectivity index (χ3n) is 4.41. The molecule has 1 aromatic rings. The van der Waals surface area contributed by atoms with E-state index in [-0.39, 0.29) is 5.91 Å². The first-order chi connectivity index (χ1) is 12.0. The van der Waals surface area contributed by atoms with Crippen LogP contribution in [0.5, 0.6) is 17.2 Å². The second-order valence-corrected chi connectivity index (χ2v) is 6.15. The molecule has 0 atom stereocenters. The molecule has 0 aromatic heterocycles. The van der Waals surface area contributed by atoms with Crippen molar-refractivity contribution >= 4 is 23.2 Å². The molecule has 2 rings (SSSR count). The van der Waals surface area contributed by atoms with E-state index in [1.807, 2.05) is 4.90 Å². The summed E-state index contributed by atoms with van der Waals surface area (Å²) < 4.78 is 15.8.